The average Bonchev–Trinajstić information content (AvgIpc) is 3.02. The second-order valence-electron chi connectivity index (χ2n) is 7.06. The van der Waals surface area contributed by atoms with Gasteiger partial charge in [-0.05, 0) is 55.2 Å². The second-order valence-corrected chi connectivity index (χ2v) is 9.56. The van der Waals surface area contributed by atoms with Crippen molar-refractivity contribution < 1.29 is 9.53 Å². The maximum Gasteiger partial charge on any atom is 0.264 e. The minimum atomic E-state index is -0.244. The van der Waals surface area contributed by atoms with Crippen molar-refractivity contribution in [3.05, 3.63) is 61.9 Å². The monoisotopic (exact) mass is 492 g/mol. The standard InChI is InChI=1S/C22H22BrClN2O2S/c1-12(2)17-10-18(23)13(3)8-19(17)28-11-20(27)25-22-26-21(14(4)29-22)15-6-5-7-16(24)9-15/h5-10,12H,11H2,1-4H3,(H,25,26,27). The molecule has 0 saturated heterocycles. The van der Waals surface area contributed by atoms with Crippen LogP contribution >= 0.6 is 38.9 Å². The van der Waals surface area contributed by atoms with Gasteiger partial charge < -0.3 is 4.74 Å². The second kappa shape index (κ2) is 9.28. The fourth-order valence-corrected chi connectivity index (χ4v) is 4.30. The van der Waals surface area contributed by atoms with E-state index in [0.29, 0.717) is 10.2 Å². The Morgan fingerprint density at radius 1 is 1.28 bits per heavy atom. The first-order chi connectivity index (χ1) is 13.7. The Hall–Kier alpha value is -1.89. The average molecular weight is 494 g/mol. The molecule has 1 heterocycles. The van der Waals surface area contributed by atoms with Crippen molar-refractivity contribution in [1.82, 2.24) is 4.98 Å². The normalized spacial score (nSPS) is 11.0. The summed E-state index contributed by atoms with van der Waals surface area (Å²) in [5.41, 5.74) is 3.87. The molecule has 2 aromatic carbocycles. The summed E-state index contributed by atoms with van der Waals surface area (Å²) >= 11 is 11.1. The van der Waals surface area contributed by atoms with Gasteiger partial charge in [-0.2, -0.15) is 0 Å². The van der Waals surface area contributed by atoms with Gasteiger partial charge in [-0.25, -0.2) is 4.98 Å². The summed E-state index contributed by atoms with van der Waals surface area (Å²) in [6, 6.07) is 11.5. The Labute approximate surface area is 188 Å². The third kappa shape index (κ3) is 5.38. The molecule has 152 valence electrons. The first-order valence-electron chi connectivity index (χ1n) is 9.20. The summed E-state index contributed by atoms with van der Waals surface area (Å²) in [7, 11) is 0. The predicted octanol–water partition coefficient (Wildman–Crippen LogP) is 6.98. The van der Waals surface area contributed by atoms with E-state index < -0.39 is 0 Å². The van der Waals surface area contributed by atoms with Crippen molar-refractivity contribution in [2.45, 2.75) is 33.6 Å². The largest absolute Gasteiger partial charge is 0.483 e. The molecule has 0 aliphatic rings. The number of anilines is 1. The van der Waals surface area contributed by atoms with E-state index in [1.807, 2.05) is 44.2 Å². The lowest BCUT2D eigenvalue weighted by Gasteiger charge is -2.15. The number of hydrogen-bond donors (Lipinski definition) is 1. The molecule has 4 nitrogen and oxygen atoms in total. The third-order valence-corrected chi connectivity index (χ3v) is 6.39. The number of halogens is 2. The van der Waals surface area contributed by atoms with Crippen LogP contribution in [-0.4, -0.2) is 17.5 Å². The lowest BCUT2D eigenvalue weighted by molar-refractivity contribution is -0.118. The summed E-state index contributed by atoms with van der Waals surface area (Å²) in [4.78, 5) is 18.0. The van der Waals surface area contributed by atoms with Gasteiger partial charge in [0.05, 0.1) is 5.69 Å². The van der Waals surface area contributed by atoms with Crippen LogP contribution in [-0.2, 0) is 4.79 Å². The van der Waals surface area contributed by atoms with Gasteiger partial charge in [0, 0.05) is 19.9 Å². The molecule has 3 aromatic rings. The highest BCUT2D eigenvalue weighted by atomic mass is 79.9. The van der Waals surface area contributed by atoms with Crippen molar-refractivity contribution in [2.75, 3.05) is 11.9 Å². The van der Waals surface area contributed by atoms with Gasteiger partial charge in [-0.1, -0.05) is 53.5 Å². The van der Waals surface area contributed by atoms with Gasteiger partial charge in [0.15, 0.2) is 11.7 Å². The topological polar surface area (TPSA) is 51.2 Å². The first kappa shape index (κ1) is 21.8. The highest BCUT2D eigenvalue weighted by molar-refractivity contribution is 9.10. The molecule has 0 aliphatic heterocycles. The number of aromatic nitrogens is 1. The number of nitrogens with zero attached hydrogens (tertiary/aromatic N) is 1. The van der Waals surface area contributed by atoms with Gasteiger partial charge >= 0.3 is 0 Å². The maximum atomic E-state index is 12.4. The molecule has 0 radical (unpaired) electrons. The number of benzene rings is 2. The van der Waals surface area contributed by atoms with E-state index in [1.54, 1.807) is 0 Å². The van der Waals surface area contributed by atoms with Crippen LogP contribution in [0.2, 0.25) is 5.02 Å². The van der Waals surface area contributed by atoms with E-state index in [2.05, 4.69) is 46.1 Å². The summed E-state index contributed by atoms with van der Waals surface area (Å²) in [5, 5.41) is 4.03. The van der Waals surface area contributed by atoms with Gasteiger partial charge in [0.1, 0.15) is 5.75 Å². The predicted molar refractivity (Wildman–Crippen MR) is 124 cm³/mol. The van der Waals surface area contributed by atoms with Crippen molar-refractivity contribution >= 4 is 49.9 Å². The Bertz CT molecular complexity index is 1050. The lowest BCUT2D eigenvalue weighted by atomic mass is 10.0. The molecule has 1 N–H and O–H groups in total. The molecule has 1 aromatic heterocycles. The molecule has 1 amide bonds. The number of nitrogens with one attached hydrogen (secondary N) is 1. The number of rotatable bonds is 6. The SMILES string of the molecule is Cc1cc(OCC(=O)Nc2nc(-c3cccc(Cl)c3)c(C)s2)c(C(C)C)cc1Br. The van der Waals surface area contributed by atoms with Gasteiger partial charge in [0.25, 0.3) is 5.91 Å². The number of amides is 1. The van der Waals surface area contributed by atoms with Crippen LogP contribution in [0.5, 0.6) is 5.75 Å². The number of carbonyl (C=O) groups excluding carboxylic acids is 1. The first-order valence-corrected chi connectivity index (χ1v) is 11.2. The van der Waals surface area contributed by atoms with Crippen molar-refractivity contribution in [2.24, 2.45) is 0 Å². The number of carbonyl (C=O) groups is 1. The van der Waals surface area contributed by atoms with E-state index in [9.17, 15) is 4.79 Å². The molecule has 0 spiro atoms. The molecular weight excluding hydrogens is 472 g/mol. The Morgan fingerprint density at radius 3 is 2.72 bits per heavy atom. The molecule has 0 atom stereocenters. The van der Waals surface area contributed by atoms with Crippen LogP contribution in [0.4, 0.5) is 5.13 Å². The highest BCUT2D eigenvalue weighted by Gasteiger charge is 2.15. The zero-order valence-electron chi connectivity index (χ0n) is 16.7. The van der Waals surface area contributed by atoms with E-state index >= 15 is 0 Å². The Morgan fingerprint density at radius 2 is 2.03 bits per heavy atom. The van der Waals surface area contributed by atoms with E-state index in [4.69, 9.17) is 16.3 Å². The molecule has 29 heavy (non-hydrogen) atoms. The summed E-state index contributed by atoms with van der Waals surface area (Å²) in [5.74, 6) is 0.768. The highest BCUT2D eigenvalue weighted by Crippen LogP contribution is 2.33. The zero-order chi connectivity index (χ0) is 21.1. The summed E-state index contributed by atoms with van der Waals surface area (Å²) < 4.78 is 6.86. The molecule has 0 aliphatic carbocycles. The van der Waals surface area contributed by atoms with Crippen LogP contribution in [0.25, 0.3) is 11.3 Å². The minimum Gasteiger partial charge on any atom is -0.483 e. The van der Waals surface area contributed by atoms with Crippen molar-refractivity contribution in [3.8, 4) is 17.0 Å². The van der Waals surface area contributed by atoms with E-state index in [-0.39, 0.29) is 18.4 Å². The van der Waals surface area contributed by atoms with Crippen LogP contribution in [0.1, 0.15) is 35.8 Å². The molecule has 0 unspecified atom stereocenters. The van der Waals surface area contributed by atoms with Gasteiger partial charge in [0.2, 0.25) is 0 Å². The summed E-state index contributed by atoms with van der Waals surface area (Å²) in [6.07, 6.45) is 0. The Balaban J connectivity index is 1.70. The van der Waals surface area contributed by atoms with Crippen LogP contribution in [0.3, 0.4) is 0 Å². The minimum absolute atomic E-state index is 0.0775. The fraction of sp³-hybridized carbons (Fsp3) is 0.273. The molecule has 0 fully saturated rings. The maximum absolute atomic E-state index is 12.4. The van der Waals surface area contributed by atoms with Gasteiger partial charge in [-0.15, -0.1) is 11.3 Å². The quantitative estimate of drug-likeness (QED) is 0.403. The molecular formula is C22H22BrClN2O2S. The van der Waals surface area contributed by atoms with Crippen LogP contribution < -0.4 is 10.1 Å². The van der Waals surface area contributed by atoms with Crippen molar-refractivity contribution in [1.29, 1.82) is 0 Å². The smallest absolute Gasteiger partial charge is 0.264 e. The molecule has 7 heteroatoms. The molecule has 0 bridgehead atoms. The number of thiazole rings is 1. The number of hydrogen-bond acceptors (Lipinski definition) is 4. The number of ether oxygens (including phenoxy) is 1. The number of aryl methyl sites for hydroxylation is 2. The fourth-order valence-electron chi connectivity index (χ4n) is 2.90. The molecule has 3 rings (SSSR count). The third-order valence-electron chi connectivity index (χ3n) is 4.41. The van der Waals surface area contributed by atoms with E-state index in [1.165, 1.54) is 11.3 Å². The molecule has 0 saturated carbocycles. The van der Waals surface area contributed by atoms with Crippen LogP contribution in [0.15, 0.2) is 40.9 Å². The van der Waals surface area contributed by atoms with Gasteiger partial charge in [-0.3, -0.25) is 10.1 Å². The van der Waals surface area contributed by atoms with E-state index in [0.717, 1.165) is 37.5 Å². The lowest BCUT2D eigenvalue weighted by Crippen LogP contribution is -2.20. The zero-order valence-corrected chi connectivity index (χ0v) is 19.8. The summed E-state index contributed by atoms with van der Waals surface area (Å²) in [6.45, 7) is 8.09. The van der Waals surface area contributed by atoms with Crippen molar-refractivity contribution in [3.63, 3.8) is 0 Å². The Kier molecular flexibility index (Phi) is 6.98. The van der Waals surface area contributed by atoms with Crippen LogP contribution in [0, 0.1) is 13.8 Å².